The molecule has 0 aliphatic heterocycles. The van der Waals surface area contributed by atoms with Crippen LogP contribution < -0.4 is 5.32 Å². The molecule has 0 radical (unpaired) electrons. The first-order valence-corrected chi connectivity index (χ1v) is 5.88. The molecule has 0 aliphatic rings. The van der Waals surface area contributed by atoms with Crippen molar-refractivity contribution in [2.45, 2.75) is 0 Å². The number of pyridine rings is 1. The Morgan fingerprint density at radius 3 is 2.74 bits per heavy atom. The highest BCUT2D eigenvalue weighted by molar-refractivity contribution is 6.35. The third-order valence-electron chi connectivity index (χ3n) is 2.67. The van der Waals surface area contributed by atoms with Crippen LogP contribution in [-0.4, -0.2) is 16.0 Å². The predicted molar refractivity (Wildman–Crippen MR) is 71.2 cm³/mol. The second-order valence-corrected chi connectivity index (χ2v) is 4.21. The smallest absolute Gasteiger partial charge is 0.259 e. The fourth-order valence-corrected chi connectivity index (χ4v) is 2.01. The molecule has 0 bridgehead atoms. The molecule has 0 aliphatic carbocycles. The minimum Gasteiger partial charge on any atom is -0.363 e. The van der Waals surface area contributed by atoms with E-state index in [2.05, 4.69) is 20.0 Å². The number of nitrogens with one attached hydrogen (secondary N) is 1. The van der Waals surface area contributed by atoms with Gasteiger partial charge in [-0.2, -0.15) is 0 Å². The zero-order valence-electron chi connectivity index (χ0n) is 9.63. The van der Waals surface area contributed by atoms with E-state index in [1.165, 1.54) is 12.5 Å². The molecule has 1 amide bonds. The Labute approximate surface area is 113 Å². The fraction of sp³-hybridized carbons (Fsp3) is 0. The Morgan fingerprint density at radius 2 is 2.00 bits per heavy atom. The van der Waals surface area contributed by atoms with Crippen molar-refractivity contribution >= 4 is 34.1 Å². The molecule has 19 heavy (non-hydrogen) atoms. The highest BCUT2D eigenvalue weighted by atomic mass is 35.5. The molecular weight excluding hydrogens is 266 g/mol. The van der Waals surface area contributed by atoms with E-state index in [9.17, 15) is 4.79 Å². The number of amides is 1. The van der Waals surface area contributed by atoms with Crippen molar-refractivity contribution in [3.05, 3.63) is 53.5 Å². The van der Waals surface area contributed by atoms with Crippen molar-refractivity contribution in [2.24, 2.45) is 0 Å². The van der Waals surface area contributed by atoms with E-state index in [1.807, 2.05) is 24.3 Å². The van der Waals surface area contributed by atoms with Gasteiger partial charge in [-0.25, -0.2) is 4.98 Å². The van der Waals surface area contributed by atoms with E-state index >= 15 is 0 Å². The zero-order valence-corrected chi connectivity index (χ0v) is 10.4. The largest absolute Gasteiger partial charge is 0.363 e. The predicted octanol–water partition coefficient (Wildman–Crippen LogP) is 3.13. The normalized spacial score (nSPS) is 10.6. The number of fused-ring (bicyclic) bond motifs is 1. The van der Waals surface area contributed by atoms with Gasteiger partial charge in [0.1, 0.15) is 11.4 Å². The van der Waals surface area contributed by atoms with Gasteiger partial charge in [0.05, 0.1) is 5.56 Å². The molecule has 2 aromatic heterocycles. The lowest BCUT2D eigenvalue weighted by Crippen LogP contribution is -2.13. The number of carbonyl (C=O) groups excluding carboxylic acids is 1. The topological polar surface area (TPSA) is 68.0 Å². The van der Waals surface area contributed by atoms with Crippen molar-refractivity contribution in [1.29, 1.82) is 0 Å². The maximum Gasteiger partial charge on any atom is 0.259 e. The Kier molecular flexibility index (Phi) is 2.89. The van der Waals surface area contributed by atoms with E-state index in [0.29, 0.717) is 16.5 Å². The van der Waals surface area contributed by atoms with Crippen LogP contribution >= 0.6 is 11.6 Å². The summed E-state index contributed by atoms with van der Waals surface area (Å²) in [7, 11) is 0. The molecule has 0 fully saturated rings. The minimum absolute atomic E-state index is 0.311. The highest BCUT2D eigenvalue weighted by Crippen LogP contribution is 2.24. The molecule has 0 spiro atoms. The zero-order chi connectivity index (χ0) is 13.2. The minimum atomic E-state index is -0.311. The van der Waals surface area contributed by atoms with Crippen molar-refractivity contribution in [3.63, 3.8) is 0 Å². The Hall–Kier alpha value is -2.40. The van der Waals surface area contributed by atoms with Crippen LogP contribution in [0.5, 0.6) is 0 Å². The van der Waals surface area contributed by atoms with Crippen LogP contribution in [0.3, 0.4) is 0 Å². The van der Waals surface area contributed by atoms with Gasteiger partial charge >= 0.3 is 0 Å². The van der Waals surface area contributed by atoms with Crippen molar-refractivity contribution in [3.8, 4) is 0 Å². The van der Waals surface area contributed by atoms with Gasteiger partial charge < -0.3 is 9.84 Å². The third kappa shape index (κ3) is 2.15. The molecule has 1 aromatic carbocycles. The van der Waals surface area contributed by atoms with Gasteiger partial charge in [0.15, 0.2) is 5.82 Å². The molecule has 0 atom stereocenters. The Balaban J connectivity index is 2.05. The summed E-state index contributed by atoms with van der Waals surface area (Å²) in [5, 5.41) is 8.09. The summed E-state index contributed by atoms with van der Waals surface area (Å²) in [6.07, 6.45) is 2.83. The number of carbonyl (C=O) groups is 1. The quantitative estimate of drug-likeness (QED) is 0.728. The maximum atomic E-state index is 12.2. The molecule has 0 saturated heterocycles. The average molecular weight is 274 g/mol. The number of anilines is 1. The van der Waals surface area contributed by atoms with Crippen LogP contribution in [0.25, 0.3) is 10.8 Å². The van der Waals surface area contributed by atoms with Gasteiger partial charge in [0, 0.05) is 17.6 Å². The van der Waals surface area contributed by atoms with Crippen LogP contribution in [0.4, 0.5) is 5.82 Å². The summed E-state index contributed by atoms with van der Waals surface area (Å²) >= 11 is 6.01. The summed E-state index contributed by atoms with van der Waals surface area (Å²) in [6.45, 7) is 0. The van der Waals surface area contributed by atoms with Crippen molar-refractivity contribution in [1.82, 2.24) is 10.1 Å². The Morgan fingerprint density at radius 1 is 1.21 bits per heavy atom. The standard InChI is InChI=1S/C13H8ClN3O2/c14-12-9-4-2-1-3-8(9)10(7-15-12)13(18)16-11-5-6-19-17-11/h1-7H,(H,16,17,18). The van der Waals surface area contributed by atoms with E-state index in [-0.39, 0.29) is 5.91 Å². The monoisotopic (exact) mass is 273 g/mol. The van der Waals surface area contributed by atoms with Crippen LogP contribution in [0, 0.1) is 0 Å². The molecule has 0 saturated carbocycles. The number of hydrogen-bond acceptors (Lipinski definition) is 4. The SMILES string of the molecule is O=C(Nc1ccon1)c1cnc(Cl)c2ccccc12. The second-order valence-electron chi connectivity index (χ2n) is 3.85. The van der Waals surface area contributed by atoms with E-state index in [1.54, 1.807) is 6.07 Å². The van der Waals surface area contributed by atoms with E-state index in [4.69, 9.17) is 11.6 Å². The van der Waals surface area contributed by atoms with E-state index in [0.717, 1.165) is 10.8 Å². The van der Waals surface area contributed by atoms with Crippen molar-refractivity contribution < 1.29 is 9.32 Å². The molecular formula is C13H8ClN3O2. The average Bonchev–Trinajstić information content (AvgIpc) is 2.92. The summed E-state index contributed by atoms with van der Waals surface area (Å²) in [5.74, 6) is 0.0401. The highest BCUT2D eigenvalue weighted by Gasteiger charge is 2.13. The number of benzene rings is 1. The fourth-order valence-electron chi connectivity index (χ4n) is 1.80. The summed E-state index contributed by atoms with van der Waals surface area (Å²) in [4.78, 5) is 16.2. The molecule has 5 nitrogen and oxygen atoms in total. The number of hydrogen-bond donors (Lipinski definition) is 1. The van der Waals surface area contributed by atoms with Crippen LogP contribution in [0.15, 0.2) is 47.3 Å². The molecule has 1 N–H and O–H groups in total. The number of halogens is 1. The van der Waals surface area contributed by atoms with Crippen LogP contribution in [-0.2, 0) is 0 Å². The first kappa shape index (κ1) is 11.7. The van der Waals surface area contributed by atoms with Gasteiger partial charge in [0.2, 0.25) is 0 Å². The summed E-state index contributed by atoms with van der Waals surface area (Å²) < 4.78 is 4.66. The van der Waals surface area contributed by atoms with E-state index < -0.39 is 0 Å². The lowest BCUT2D eigenvalue weighted by atomic mass is 10.1. The van der Waals surface area contributed by atoms with Crippen LogP contribution in [0.1, 0.15) is 10.4 Å². The first-order chi connectivity index (χ1) is 9.25. The molecule has 6 heteroatoms. The summed E-state index contributed by atoms with van der Waals surface area (Å²) in [6, 6.07) is 8.88. The molecule has 3 rings (SSSR count). The molecule has 0 unspecified atom stereocenters. The van der Waals surface area contributed by atoms with Crippen LogP contribution in [0.2, 0.25) is 5.15 Å². The lowest BCUT2D eigenvalue weighted by molar-refractivity contribution is 0.102. The van der Waals surface area contributed by atoms with Crippen molar-refractivity contribution in [2.75, 3.05) is 5.32 Å². The number of nitrogens with zero attached hydrogens (tertiary/aromatic N) is 2. The number of aromatic nitrogens is 2. The summed E-state index contributed by atoms with van der Waals surface area (Å²) in [5.41, 5.74) is 0.433. The van der Waals surface area contributed by atoms with Gasteiger partial charge in [-0.15, -0.1) is 0 Å². The molecule has 2 heterocycles. The second kappa shape index (κ2) is 4.70. The van der Waals surface area contributed by atoms with Gasteiger partial charge in [0.25, 0.3) is 5.91 Å². The Bertz CT molecular complexity index is 741. The van der Waals surface area contributed by atoms with Gasteiger partial charge in [-0.1, -0.05) is 41.0 Å². The number of rotatable bonds is 2. The molecule has 94 valence electrons. The maximum absolute atomic E-state index is 12.2. The first-order valence-electron chi connectivity index (χ1n) is 5.50. The van der Waals surface area contributed by atoms with Gasteiger partial charge in [-0.3, -0.25) is 4.79 Å². The van der Waals surface area contributed by atoms with Gasteiger partial charge in [-0.05, 0) is 5.39 Å². The third-order valence-corrected chi connectivity index (χ3v) is 2.97. The molecule has 3 aromatic rings. The lowest BCUT2D eigenvalue weighted by Gasteiger charge is -2.06.